The van der Waals surface area contributed by atoms with Crippen LogP contribution in [-0.4, -0.2) is 15.7 Å². The van der Waals surface area contributed by atoms with Crippen LogP contribution in [0.25, 0.3) is 11.3 Å². The Morgan fingerprint density at radius 3 is 2.52 bits per heavy atom. The van der Waals surface area contributed by atoms with Crippen molar-refractivity contribution in [3.63, 3.8) is 0 Å². The van der Waals surface area contributed by atoms with Crippen molar-refractivity contribution in [2.75, 3.05) is 5.32 Å². The van der Waals surface area contributed by atoms with Gasteiger partial charge in [0.2, 0.25) is 0 Å². The molecule has 3 aromatic rings. The number of benzene rings is 2. The summed E-state index contributed by atoms with van der Waals surface area (Å²) in [4.78, 5) is 12.6. The number of anilines is 1. The van der Waals surface area contributed by atoms with Crippen molar-refractivity contribution < 1.29 is 13.6 Å². The summed E-state index contributed by atoms with van der Waals surface area (Å²) in [6.45, 7) is 3.94. The molecule has 3 rings (SSSR count). The number of carbonyl (C=O) groups excluding carboxylic acids is 1. The molecular formula is C19H17F2N3O. The number of amides is 1. The Labute approximate surface area is 144 Å². The largest absolute Gasteiger partial charge is 0.322 e. The van der Waals surface area contributed by atoms with Crippen LogP contribution in [0.5, 0.6) is 0 Å². The summed E-state index contributed by atoms with van der Waals surface area (Å²) >= 11 is 0. The Hall–Kier alpha value is -3.02. The molecule has 0 radical (unpaired) electrons. The lowest BCUT2D eigenvalue weighted by molar-refractivity contribution is 0.102. The van der Waals surface area contributed by atoms with Gasteiger partial charge < -0.3 is 5.32 Å². The minimum absolute atomic E-state index is 0.0761. The Morgan fingerprint density at radius 1 is 1.08 bits per heavy atom. The monoisotopic (exact) mass is 341 g/mol. The maximum atomic E-state index is 14.1. The molecular weight excluding hydrogens is 324 g/mol. The Morgan fingerprint density at radius 2 is 1.84 bits per heavy atom. The number of rotatable bonds is 3. The molecule has 0 fully saturated rings. The fourth-order valence-electron chi connectivity index (χ4n) is 2.55. The molecule has 1 aromatic heterocycles. The maximum Gasteiger partial charge on any atom is 0.259 e. The smallest absolute Gasteiger partial charge is 0.259 e. The van der Waals surface area contributed by atoms with Crippen LogP contribution in [-0.2, 0) is 7.05 Å². The SMILES string of the molecule is Cc1ccc(NC(=O)c2cn(C)nc2-c2ccc(F)cc2F)cc1C. The van der Waals surface area contributed by atoms with Gasteiger partial charge in [0, 0.05) is 30.6 Å². The molecule has 2 aromatic carbocycles. The van der Waals surface area contributed by atoms with Crippen molar-refractivity contribution in [3.05, 3.63) is 70.9 Å². The van der Waals surface area contributed by atoms with E-state index in [1.165, 1.54) is 16.9 Å². The fourth-order valence-corrected chi connectivity index (χ4v) is 2.55. The molecule has 4 nitrogen and oxygen atoms in total. The summed E-state index contributed by atoms with van der Waals surface area (Å²) in [5, 5.41) is 6.95. The first-order valence-electron chi connectivity index (χ1n) is 7.73. The first kappa shape index (κ1) is 16.8. The van der Waals surface area contributed by atoms with Crippen molar-refractivity contribution in [1.82, 2.24) is 9.78 Å². The van der Waals surface area contributed by atoms with Gasteiger partial charge in [0.15, 0.2) is 0 Å². The second kappa shape index (κ2) is 6.47. The van der Waals surface area contributed by atoms with Crippen LogP contribution < -0.4 is 5.32 Å². The van der Waals surface area contributed by atoms with E-state index in [0.717, 1.165) is 23.3 Å². The van der Waals surface area contributed by atoms with Gasteiger partial charge in [-0.15, -0.1) is 0 Å². The predicted octanol–water partition coefficient (Wildman–Crippen LogP) is 4.23. The molecule has 0 aliphatic carbocycles. The highest BCUT2D eigenvalue weighted by Crippen LogP contribution is 2.26. The summed E-state index contributed by atoms with van der Waals surface area (Å²) < 4.78 is 28.7. The zero-order chi connectivity index (χ0) is 18.1. The average Bonchev–Trinajstić information content (AvgIpc) is 2.92. The Kier molecular flexibility index (Phi) is 4.35. The van der Waals surface area contributed by atoms with Gasteiger partial charge in [0.05, 0.1) is 5.56 Å². The van der Waals surface area contributed by atoms with Crippen LogP contribution in [0.15, 0.2) is 42.6 Å². The number of carbonyl (C=O) groups is 1. The van der Waals surface area contributed by atoms with E-state index in [1.807, 2.05) is 26.0 Å². The number of aromatic nitrogens is 2. The fraction of sp³-hybridized carbons (Fsp3) is 0.158. The first-order chi connectivity index (χ1) is 11.8. The third-order valence-electron chi connectivity index (χ3n) is 4.02. The lowest BCUT2D eigenvalue weighted by Crippen LogP contribution is -2.12. The van der Waals surface area contributed by atoms with Gasteiger partial charge in [0.25, 0.3) is 5.91 Å². The summed E-state index contributed by atoms with van der Waals surface area (Å²) in [5.41, 5.74) is 3.27. The number of aryl methyl sites for hydroxylation is 3. The van der Waals surface area contributed by atoms with Crippen LogP contribution in [0.1, 0.15) is 21.5 Å². The van der Waals surface area contributed by atoms with Gasteiger partial charge in [-0.2, -0.15) is 5.10 Å². The van der Waals surface area contributed by atoms with Gasteiger partial charge in [-0.05, 0) is 49.2 Å². The Balaban J connectivity index is 1.97. The highest BCUT2D eigenvalue weighted by molar-refractivity contribution is 6.08. The Bertz CT molecular complexity index is 963. The van der Waals surface area contributed by atoms with E-state index in [0.29, 0.717) is 5.69 Å². The molecule has 0 unspecified atom stereocenters. The second-order valence-electron chi connectivity index (χ2n) is 5.94. The van der Waals surface area contributed by atoms with Gasteiger partial charge in [-0.25, -0.2) is 8.78 Å². The average molecular weight is 341 g/mol. The minimum Gasteiger partial charge on any atom is -0.322 e. The number of hydrogen-bond acceptors (Lipinski definition) is 2. The van der Waals surface area contributed by atoms with Crippen molar-refractivity contribution in [2.45, 2.75) is 13.8 Å². The topological polar surface area (TPSA) is 46.9 Å². The van der Waals surface area contributed by atoms with Crippen LogP contribution in [0.4, 0.5) is 14.5 Å². The number of nitrogens with one attached hydrogen (secondary N) is 1. The molecule has 6 heteroatoms. The van der Waals surface area contributed by atoms with Crippen molar-refractivity contribution in [3.8, 4) is 11.3 Å². The molecule has 0 aliphatic heterocycles. The number of nitrogens with zero attached hydrogens (tertiary/aromatic N) is 2. The van der Waals surface area contributed by atoms with Crippen molar-refractivity contribution >= 4 is 11.6 Å². The molecule has 1 N–H and O–H groups in total. The van der Waals surface area contributed by atoms with E-state index < -0.39 is 17.5 Å². The number of hydrogen-bond donors (Lipinski definition) is 1. The highest BCUT2D eigenvalue weighted by atomic mass is 19.1. The molecule has 0 saturated heterocycles. The van der Waals surface area contributed by atoms with Gasteiger partial charge >= 0.3 is 0 Å². The summed E-state index contributed by atoms with van der Waals surface area (Å²) in [5.74, 6) is -1.85. The normalized spacial score (nSPS) is 10.8. The standard InChI is InChI=1S/C19H17F2N3O/c1-11-4-6-14(8-12(11)2)22-19(25)16-10-24(3)23-18(16)15-7-5-13(20)9-17(15)21/h4-10H,1-3H3,(H,22,25). The van der Waals surface area contributed by atoms with Gasteiger partial charge in [-0.3, -0.25) is 9.48 Å². The van der Waals surface area contributed by atoms with Crippen molar-refractivity contribution in [1.29, 1.82) is 0 Å². The molecule has 1 heterocycles. The molecule has 0 saturated carbocycles. The van der Waals surface area contributed by atoms with E-state index >= 15 is 0 Å². The van der Waals surface area contributed by atoms with E-state index in [1.54, 1.807) is 13.1 Å². The van der Waals surface area contributed by atoms with E-state index in [-0.39, 0.29) is 16.8 Å². The highest BCUT2D eigenvalue weighted by Gasteiger charge is 2.20. The number of halogens is 2. The third kappa shape index (κ3) is 3.42. The van der Waals surface area contributed by atoms with Crippen LogP contribution in [0.2, 0.25) is 0 Å². The van der Waals surface area contributed by atoms with Crippen molar-refractivity contribution in [2.24, 2.45) is 7.05 Å². The predicted molar refractivity (Wildman–Crippen MR) is 92.4 cm³/mol. The van der Waals surface area contributed by atoms with E-state index in [2.05, 4.69) is 10.4 Å². The van der Waals surface area contributed by atoms with Gasteiger partial charge in [0.1, 0.15) is 17.3 Å². The summed E-state index contributed by atoms with van der Waals surface area (Å²) in [7, 11) is 1.64. The quantitative estimate of drug-likeness (QED) is 0.775. The zero-order valence-electron chi connectivity index (χ0n) is 14.1. The maximum absolute atomic E-state index is 14.1. The third-order valence-corrected chi connectivity index (χ3v) is 4.02. The molecule has 0 bridgehead atoms. The second-order valence-corrected chi connectivity index (χ2v) is 5.94. The van der Waals surface area contributed by atoms with E-state index in [9.17, 15) is 13.6 Å². The molecule has 0 atom stereocenters. The van der Waals surface area contributed by atoms with Crippen LogP contribution >= 0.6 is 0 Å². The zero-order valence-corrected chi connectivity index (χ0v) is 14.1. The summed E-state index contributed by atoms with van der Waals surface area (Å²) in [6, 6.07) is 8.76. The molecule has 0 spiro atoms. The molecule has 1 amide bonds. The lowest BCUT2D eigenvalue weighted by Gasteiger charge is -2.08. The molecule has 0 aliphatic rings. The van der Waals surface area contributed by atoms with Crippen LogP contribution in [0, 0.1) is 25.5 Å². The first-order valence-corrected chi connectivity index (χ1v) is 7.73. The summed E-state index contributed by atoms with van der Waals surface area (Å²) in [6.07, 6.45) is 1.51. The minimum atomic E-state index is -0.765. The molecule has 128 valence electrons. The lowest BCUT2D eigenvalue weighted by atomic mass is 10.1. The van der Waals surface area contributed by atoms with Gasteiger partial charge in [-0.1, -0.05) is 6.07 Å². The van der Waals surface area contributed by atoms with Crippen LogP contribution in [0.3, 0.4) is 0 Å². The van der Waals surface area contributed by atoms with E-state index in [4.69, 9.17) is 0 Å². The molecule has 25 heavy (non-hydrogen) atoms.